The number of hydrogen-bond donors (Lipinski definition) is 1. The zero-order valence-electron chi connectivity index (χ0n) is 21.1. The summed E-state index contributed by atoms with van der Waals surface area (Å²) in [6, 6.07) is 7.42. The van der Waals surface area contributed by atoms with Crippen LogP contribution in [0.4, 0.5) is 4.79 Å². The van der Waals surface area contributed by atoms with Gasteiger partial charge in [0, 0.05) is 44.0 Å². The Balaban J connectivity index is 1.44. The van der Waals surface area contributed by atoms with Crippen molar-refractivity contribution in [3.05, 3.63) is 54.1 Å². The van der Waals surface area contributed by atoms with Crippen LogP contribution in [-0.2, 0) is 16.1 Å². The van der Waals surface area contributed by atoms with Crippen molar-refractivity contribution in [3.63, 3.8) is 0 Å². The predicted octanol–water partition coefficient (Wildman–Crippen LogP) is 3.58. The molecule has 1 fully saturated rings. The number of carboxylic acid groups (broad SMARTS) is 1. The Kier molecular flexibility index (Phi) is 9.65. The van der Waals surface area contributed by atoms with Gasteiger partial charge in [-0.15, -0.1) is 0 Å². The van der Waals surface area contributed by atoms with Gasteiger partial charge in [-0.3, -0.25) is 19.7 Å². The molecule has 1 aliphatic rings. The van der Waals surface area contributed by atoms with E-state index in [2.05, 4.69) is 21.8 Å². The number of carbonyl (C=O) groups excluding carboxylic acids is 1. The van der Waals surface area contributed by atoms with E-state index in [9.17, 15) is 14.7 Å². The minimum Gasteiger partial charge on any atom is -0.490 e. The maximum Gasteiger partial charge on any atom is 0.410 e. The molecule has 3 heterocycles. The largest absolute Gasteiger partial charge is 0.490 e. The molecule has 0 radical (unpaired) electrons. The first kappa shape index (κ1) is 27.0. The number of amides is 1. The number of carbonyl (C=O) groups is 2. The monoisotopic (exact) mass is 494 g/mol. The zero-order valence-corrected chi connectivity index (χ0v) is 21.1. The molecular weight excluding hydrogens is 460 g/mol. The fourth-order valence-corrected chi connectivity index (χ4v) is 3.62. The molecule has 1 saturated heterocycles. The summed E-state index contributed by atoms with van der Waals surface area (Å²) in [7, 11) is 0. The lowest BCUT2D eigenvalue weighted by Crippen LogP contribution is -2.55. The molecule has 0 aromatic carbocycles. The van der Waals surface area contributed by atoms with Crippen LogP contribution in [-0.4, -0.2) is 74.8 Å². The Hall–Kier alpha value is -3.64. The Morgan fingerprint density at radius 1 is 1.28 bits per heavy atom. The van der Waals surface area contributed by atoms with Gasteiger partial charge in [-0.25, -0.2) is 4.79 Å². The third-order valence-corrected chi connectivity index (χ3v) is 5.41. The molecule has 2 aromatic rings. The van der Waals surface area contributed by atoms with E-state index in [0.717, 1.165) is 24.1 Å². The van der Waals surface area contributed by atoms with Gasteiger partial charge in [0.25, 0.3) is 0 Å². The van der Waals surface area contributed by atoms with Crippen LogP contribution in [0.25, 0.3) is 0 Å². The molecule has 1 atom stereocenters. The summed E-state index contributed by atoms with van der Waals surface area (Å²) < 4.78 is 11.3. The number of likely N-dealkylation sites (tertiary alicyclic amines) is 1. The van der Waals surface area contributed by atoms with Gasteiger partial charge in [-0.05, 0) is 51.8 Å². The summed E-state index contributed by atoms with van der Waals surface area (Å²) in [5, 5.41) is 9.19. The van der Waals surface area contributed by atoms with Crippen LogP contribution in [0.1, 0.15) is 51.3 Å². The maximum atomic E-state index is 12.3. The summed E-state index contributed by atoms with van der Waals surface area (Å²) in [6.45, 7) is 7.63. The summed E-state index contributed by atoms with van der Waals surface area (Å²) in [5.41, 5.74) is 1.05. The Bertz CT molecular complexity index is 1070. The van der Waals surface area contributed by atoms with Gasteiger partial charge in [0.15, 0.2) is 0 Å². The van der Waals surface area contributed by atoms with Gasteiger partial charge in [-0.2, -0.15) is 0 Å². The number of aliphatic carboxylic acids is 1. The number of hydrogen-bond acceptors (Lipinski definition) is 7. The van der Waals surface area contributed by atoms with E-state index in [1.165, 1.54) is 0 Å². The second-order valence-electron chi connectivity index (χ2n) is 9.67. The number of nitrogens with zero attached hydrogens (tertiary/aromatic N) is 4. The Morgan fingerprint density at radius 2 is 2.11 bits per heavy atom. The summed E-state index contributed by atoms with van der Waals surface area (Å²) in [4.78, 5) is 35.5. The van der Waals surface area contributed by atoms with Crippen LogP contribution < -0.4 is 4.74 Å². The zero-order chi connectivity index (χ0) is 26.0. The Morgan fingerprint density at radius 3 is 2.78 bits per heavy atom. The third-order valence-electron chi connectivity index (χ3n) is 5.41. The van der Waals surface area contributed by atoms with E-state index < -0.39 is 11.6 Å². The summed E-state index contributed by atoms with van der Waals surface area (Å²) in [5.74, 6) is 5.95. The fourth-order valence-electron chi connectivity index (χ4n) is 3.62. The third kappa shape index (κ3) is 9.19. The van der Waals surface area contributed by atoms with Gasteiger partial charge in [0.1, 0.15) is 18.0 Å². The van der Waals surface area contributed by atoms with Gasteiger partial charge >= 0.3 is 12.1 Å². The SMILES string of the molecule is CC(C)(C)OC(=O)N1CC[C@H]1COc1cncc(C#CCCCN(CC(=O)O)Cc2ccccn2)c1. The van der Waals surface area contributed by atoms with Crippen molar-refractivity contribution in [2.75, 3.05) is 26.2 Å². The molecule has 1 N–H and O–H groups in total. The predicted molar refractivity (Wildman–Crippen MR) is 134 cm³/mol. The first-order chi connectivity index (χ1) is 17.2. The van der Waals surface area contributed by atoms with E-state index in [1.54, 1.807) is 23.5 Å². The molecule has 9 heteroatoms. The topological polar surface area (TPSA) is 105 Å². The lowest BCUT2D eigenvalue weighted by molar-refractivity contribution is -0.138. The molecular formula is C27H34N4O5. The standard InChI is InChI=1S/C27H34N4O5/c1-27(2,3)36-26(34)31-14-11-23(31)20-35-24-15-21(16-28-17-24)9-5-4-8-13-30(19-25(32)33)18-22-10-6-7-12-29-22/h6-7,10,12,15-17,23H,4,8,11,13-14,18-20H2,1-3H3,(H,32,33)/t23-/m0/s1. The number of rotatable bonds is 10. The number of carboxylic acids is 1. The van der Waals surface area contributed by atoms with E-state index in [0.29, 0.717) is 38.4 Å². The molecule has 0 unspecified atom stereocenters. The minimum absolute atomic E-state index is 0.0191. The van der Waals surface area contributed by atoms with E-state index >= 15 is 0 Å². The van der Waals surface area contributed by atoms with E-state index in [-0.39, 0.29) is 18.7 Å². The summed E-state index contributed by atoms with van der Waals surface area (Å²) in [6.07, 6.45) is 6.91. The van der Waals surface area contributed by atoms with E-state index in [1.807, 2.05) is 49.9 Å². The van der Waals surface area contributed by atoms with Gasteiger partial charge in [0.2, 0.25) is 0 Å². The molecule has 0 bridgehead atoms. The lowest BCUT2D eigenvalue weighted by atomic mass is 10.1. The second kappa shape index (κ2) is 12.9. The first-order valence-electron chi connectivity index (χ1n) is 12.1. The normalized spacial score (nSPS) is 15.0. The average molecular weight is 495 g/mol. The van der Waals surface area contributed by atoms with Crippen molar-refractivity contribution >= 4 is 12.1 Å². The maximum absolute atomic E-state index is 12.3. The van der Waals surface area contributed by atoms with Crippen LogP contribution in [0.15, 0.2) is 42.9 Å². The van der Waals surface area contributed by atoms with Crippen LogP contribution in [0, 0.1) is 11.8 Å². The fraction of sp³-hybridized carbons (Fsp3) is 0.481. The molecule has 0 spiro atoms. The minimum atomic E-state index is -0.865. The van der Waals surface area contributed by atoms with Crippen molar-refractivity contribution in [2.45, 2.75) is 58.2 Å². The highest BCUT2D eigenvalue weighted by Crippen LogP contribution is 2.22. The van der Waals surface area contributed by atoms with Gasteiger partial charge < -0.3 is 19.5 Å². The van der Waals surface area contributed by atoms with Crippen molar-refractivity contribution in [3.8, 4) is 17.6 Å². The average Bonchev–Trinajstić information content (AvgIpc) is 2.77. The van der Waals surface area contributed by atoms with Gasteiger partial charge in [-0.1, -0.05) is 17.9 Å². The van der Waals surface area contributed by atoms with Crippen molar-refractivity contribution < 1.29 is 24.2 Å². The van der Waals surface area contributed by atoms with Crippen molar-refractivity contribution in [1.29, 1.82) is 0 Å². The second-order valence-corrected chi connectivity index (χ2v) is 9.67. The lowest BCUT2D eigenvalue weighted by Gasteiger charge is -2.40. The summed E-state index contributed by atoms with van der Waals surface area (Å²) >= 11 is 0. The van der Waals surface area contributed by atoms with Crippen molar-refractivity contribution in [1.82, 2.24) is 19.8 Å². The first-order valence-corrected chi connectivity index (χ1v) is 12.1. The highest BCUT2D eigenvalue weighted by atomic mass is 16.6. The molecule has 0 saturated carbocycles. The van der Waals surface area contributed by atoms with Crippen LogP contribution in [0.2, 0.25) is 0 Å². The van der Waals surface area contributed by atoms with E-state index in [4.69, 9.17) is 9.47 Å². The molecule has 3 rings (SSSR count). The van der Waals surface area contributed by atoms with Crippen LogP contribution in [0.3, 0.4) is 0 Å². The number of pyridine rings is 2. The molecule has 36 heavy (non-hydrogen) atoms. The molecule has 2 aromatic heterocycles. The quantitative estimate of drug-likeness (QED) is 0.395. The van der Waals surface area contributed by atoms with Crippen LogP contribution in [0.5, 0.6) is 5.75 Å². The Labute approximate surface area is 212 Å². The number of unbranched alkanes of at least 4 members (excludes halogenated alkanes) is 1. The smallest absolute Gasteiger partial charge is 0.410 e. The number of ether oxygens (including phenoxy) is 2. The molecule has 0 aliphatic carbocycles. The molecule has 1 aliphatic heterocycles. The number of aromatic nitrogens is 2. The molecule has 1 amide bonds. The van der Waals surface area contributed by atoms with Crippen LogP contribution >= 0.6 is 0 Å². The van der Waals surface area contributed by atoms with Gasteiger partial charge in [0.05, 0.1) is 24.5 Å². The highest BCUT2D eigenvalue weighted by molar-refractivity contribution is 5.69. The van der Waals surface area contributed by atoms with Crippen molar-refractivity contribution in [2.24, 2.45) is 0 Å². The molecule has 192 valence electrons. The molecule has 9 nitrogen and oxygen atoms in total. The highest BCUT2D eigenvalue weighted by Gasteiger charge is 2.35.